The van der Waals surface area contributed by atoms with Crippen molar-refractivity contribution in [2.24, 2.45) is 0 Å². The molecule has 8 heteroatoms. The van der Waals surface area contributed by atoms with E-state index in [0.29, 0.717) is 21.3 Å². The second-order valence-corrected chi connectivity index (χ2v) is 8.74. The quantitative estimate of drug-likeness (QED) is 0.291. The van der Waals surface area contributed by atoms with Crippen molar-refractivity contribution in [2.75, 3.05) is 17.1 Å². The minimum absolute atomic E-state index is 0.202. The Balaban J connectivity index is 1.47. The number of ether oxygens (including phenoxy) is 1. The third-order valence-corrected chi connectivity index (χ3v) is 6.47. The zero-order valence-corrected chi connectivity index (χ0v) is 18.9. The summed E-state index contributed by atoms with van der Waals surface area (Å²) in [5.74, 6) is 0.500. The van der Waals surface area contributed by atoms with E-state index in [9.17, 15) is 4.79 Å². The first kappa shape index (κ1) is 21.2. The third-order valence-electron chi connectivity index (χ3n) is 4.29. The molecule has 1 amide bonds. The smallest absolute Gasteiger partial charge is 0.267 e. The zero-order valence-electron chi connectivity index (χ0n) is 16.5. The highest BCUT2D eigenvalue weighted by Crippen LogP contribution is 2.33. The van der Waals surface area contributed by atoms with E-state index in [0.717, 1.165) is 21.2 Å². The van der Waals surface area contributed by atoms with E-state index >= 15 is 0 Å². The van der Waals surface area contributed by atoms with Crippen molar-refractivity contribution in [3.05, 3.63) is 88.9 Å². The Bertz CT molecular complexity index is 1180. The summed E-state index contributed by atoms with van der Waals surface area (Å²) in [5, 5.41) is 4.42. The second-order valence-electron chi connectivity index (χ2n) is 6.43. The first-order valence-electron chi connectivity index (χ1n) is 9.31. The van der Waals surface area contributed by atoms with Crippen molar-refractivity contribution in [3.8, 4) is 16.3 Å². The Kier molecular flexibility index (Phi) is 6.76. The van der Waals surface area contributed by atoms with Crippen LogP contribution >= 0.6 is 34.9 Å². The van der Waals surface area contributed by atoms with Crippen LogP contribution in [0.4, 0.5) is 11.4 Å². The van der Waals surface area contributed by atoms with Gasteiger partial charge in [0.25, 0.3) is 5.91 Å². The van der Waals surface area contributed by atoms with Crippen LogP contribution in [0, 0.1) is 0 Å². The van der Waals surface area contributed by atoms with Crippen LogP contribution in [0.3, 0.4) is 0 Å². The lowest BCUT2D eigenvalue weighted by molar-refractivity contribution is 0.103. The summed E-state index contributed by atoms with van der Waals surface area (Å²) in [4.78, 5) is 18.5. The van der Waals surface area contributed by atoms with E-state index in [1.54, 1.807) is 13.3 Å². The van der Waals surface area contributed by atoms with Gasteiger partial charge in [0.2, 0.25) is 0 Å². The number of thiazole rings is 1. The van der Waals surface area contributed by atoms with E-state index in [2.05, 4.69) is 15.0 Å². The van der Waals surface area contributed by atoms with Gasteiger partial charge in [-0.15, -0.1) is 11.3 Å². The van der Waals surface area contributed by atoms with Gasteiger partial charge in [0.15, 0.2) is 0 Å². The number of halogens is 1. The molecule has 2 N–H and O–H groups in total. The van der Waals surface area contributed by atoms with Gasteiger partial charge >= 0.3 is 0 Å². The van der Waals surface area contributed by atoms with Gasteiger partial charge < -0.3 is 14.8 Å². The zero-order chi connectivity index (χ0) is 21.6. The molecule has 0 fully saturated rings. The van der Waals surface area contributed by atoms with Crippen LogP contribution in [-0.2, 0) is 0 Å². The minimum Gasteiger partial charge on any atom is -0.496 e. The average molecular weight is 468 g/mol. The van der Waals surface area contributed by atoms with Gasteiger partial charge in [-0.2, -0.15) is 0 Å². The SMILES string of the molecule is COc1ccc(NC(=O)c2cnc(-c3ccccc3)s2)cc1SNc1ccc(Cl)cc1. The number of aromatic nitrogens is 1. The molecule has 0 radical (unpaired) electrons. The molecule has 0 aliphatic heterocycles. The van der Waals surface area contributed by atoms with Crippen molar-refractivity contribution in [1.29, 1.82) is 0 Å². The molecule has 156 valence electrons. The Morgan fingerprint density at radius 1 is 1.03 bits per heavy atom. The van der Waals surface area contributed by atoms with Crippen molar-refractivity contribution < 1.29 is 9.53 Å². The standard InChI is InChI=1S/C23H18ClN3O2S2/c1-29-19-12-11-18(13-20(19)31-27-17-9-7-16(24)8-10-17)26-22(28)21-14-25-23(30-21)15-5-3-2-4-6-15/h2-14,27H,1H3,(H,26,28). The van der Waals surface area contributed by atoms with Crippen LogP contribution in [0.1, 0.15) is 9.67 Å². The molecule has 1 aromatic heterocycles. The van der Waals surface area contributed by atoms with E-state index in [1.807, 2.05) is 72.8 Å². The molecule has 5 nitrogen and oxygen atoms in total. The molecule has 0 atom stereocenters. The predicted molar refractivity (Wildman–Crippen MR) is 129 cm³/mol. The molecule has 0 bridgehead atoms. The Morgan fingerprint density at radius 2 is 1.77 bits per heavy atom. The first-order valence-corrected chi connectivity index (χ1v) is 11.3. The number of rotatable bonds is 7. The van der Waals surface area contributed by atoms with E-state index < -0.39 is 0 Å². The van der Waals surface area contributed by atoms with Gasteiger partial charge in [-0.25, -0.2) is 4.98 Å². The van der Waals surface area contributed by atoms with Gasteiger partial charge in [0.05, 0.1) is 18.2 Å². The molecule has 0 aliphatic rings. The molecule has 1 heterocycles. The second kappa shape index (κ2) is 9.87. The summed E-state index contributed by atoms with van der Waals surface area (Å²) in [7, 11) is 1.61. The number of amides is 1. The molecule has 0 unspecified atom stereocenters. The van der Waals surface area contributed by atoms with Gasteiger partial charge in [-0.3, -0.25) is 4.79 Å². The maximum Gasteiger partial charge on any atom is 0.267 e. The fourth-order valence-corrected chi connectivity index (χ4v) is 4.50. The number of nitrogens with zero attached hydrogens (tertiary/aromatic N) is 1. The lowest BCUT2D eigenvalue weighted by atomic mass is 10.2. The molecule has 4 rings (SSSR count). The van der Waals surface area contributed by atoms with Gasteiger partial charge in [0, 0.05) is 22.0 Å². The van der Waals surface area contributed by atoms with Gasteiger partial charge in [-0.1, -0.05) is 41.9 Å². The number of anilines is 2. The lowest BCUT2D eigenvalue weighted by Gasteiger charge is -2.12. The summed E-state index contributed by atoms with van der Waals surface area (Å²) in [6, 6.07) is 22.7. The maximum absolute atomic E-state index is 12.7. The fourth-order valence-electron chi connectivity index (χ4n) is 2.75. The number of methoxy groups -OCH3 is 1. The van der Waals surface area contributed by atoms with Crippen LogP contribution in [0.5, 0.6) is 5.75 Å². The molecule has 0 aliphatic carbocycles. The topological polar surface area (TPSA) is 63.2 Å². The van der Waals surface area contributed by atoms with Crippen LogP contribution in [0.15, 0.2) is 83.9 Å². The molecule has 3 aromatic carbocycles. The Morgan fingerprint density at radius 3 is 2.52 bits per heavy atom. The molecule has 4 aromatic rings. The fraction of sp³-hybridized carbons (Fsp3) is 0.0435. The van der Waals surface area contributed by atoms with Gasteiger partial charge in [0.1, 0.15) is 15.6 Å². The van der Waals surface area contributed by atoms with Crippen LogP contribution < -0.4 is 14.8 Å². The van der Waals surface area contributed by atoms with E-state index in [1.165, 1.54) is 23.3 Å². The number of nitrogens with one attached hydrogen (secondary N) is 2. The van der Waals surface area contributed by atoms with Crippen LogP contribution in [0.2, 0.25) is 5.02 Å². The van der Waals surface area contributed by atoms with Gasteiger partial charge in [-0.05, 0) is 54.4 Å². The summed E-state index contributed by atoms with van der Waals surface area (Å²) in [6.07, 6.45) is 1.60. The number of benzene rings is 3. The first-order chi connectivity index (χ1) is 15.1. The molecular formula is C23H18ClN3O2S2. The van der Waals surface area contributed by atoms with Crippen molar-refractivity contribution in [2.45, 2.75) is 4.90 Å². The summed E-state index contributed by atoms with van der Waals surface area (Å²) in [5.41, 5.74) is 2.56. The van der Waals surface area contributed by atoms with E-state index in [-0.39, 0.29) is 5.91 Å². The number of hydrogen-bond donors (Lipinski definition) is 2. The molecule has 0 saturated carbocycles. The highest BCUT2D eigenvalue weighted by atomic mass is 35.5. The highest BCUT2D eigenvalue weighted by Gasteiger charge is 2.13. The molecule has 0 spiro atoms. The number of carbonyl (C=O) groups is 1. The maximum atomic E-state index is 12.7. The highest BCUT2D eigenvalue weighted by molar-refractivity contribution is 8.00. The van der Waals surface area contributed by atoms with Crippen molar-refractivity contribution in [3.63, 3.8) is 0 Å². The van der Waals surface area contributed by atoms with Crippen molar-refractivity contribution >= 4 is 52.2 Å². The van der Waals surface area contributed by atoms with Crippen molar-refractivity contribution in [1.82, 2.24) is 4.98 Å². The van der Waals surface area contributed by atoms with E-state index in [4.69, 9.17) is 16.3 Å². The number of hydrogen-bond acceptors (Lipinski definition) is 6. The summed E-state index contributed by atoms with van der Waals surface area (Å²) in [6.45, 7) is 0. The normalized spacial score (nSPS) is 10.5. The predicted octanol–water partition coefficient (Wildman–Crippen LogP) is 6.84. The minimum atomic E-state index is -0.202. The molecular weight excluding hydrogens is 450 g/mol. The molecule has 0 saturated heterocycles. The Labute approximate surface area is 193 Å². The summed E-state index contributed by atoms with van der Waals surface area (Å²) < 4.78 is 8.70. The monoisotopic (exact) mass is 467 g/mol. The van der Waals surface area contributed by atoms with Crippen LogP contribution in [0.25, 0.3) is 10.6 Å². The van der Waals surface area contributed by atoms with Crippen LogP contribution in [-0.4, -0.2) is 18.0 Å². The Hall–Kier alpha value is -3.00. The third kappa shape index (κ3) is 5.38. The molecule has 31 heavy (non-hydrogen) atoms. The largest absolute Gasteiger partial charge is 0.496 e. The lowest BCUT2D eigenvalue weighted by Crippen LogP contribution is -2.10. The average Bonchev–Trinajstić information content (AvgIpc) is 3.30. The number of carbonyl (C=O) groups excluding carboxylic acids is 1. The summed E-state index contributed by atoms with van der Waals surface area (Å²) >= 11 is 8.68.